The summed E-state index contributed by atoms with van der Waals surface area (Å²) in [5, 5.41) is 4.55. The second kappa shape index (κ2) is 9.76. The fraction of sp³-hybridized carbons (Fsp3) is 0.200. The van der Waals surface area contributed by atoms with Crippen LogP contribution < -0.4 is 10.6 Å². The second-order valence-corrected chi connectivity index (χ2v) is 7.93. The molecule has 2 amide bonds. The first-order valence-electron chi connectivity index (χ1n) is 11.0. The van der Waals surface area contributed by atoms with E-state index in [4.69, 9.17) is 0 Å². The van der Waals surface area contributed by atoms with Crippen LogP contribution in [0.1, 0.15) is 35.9 Å². The number of alkyl halides is 3. The van der Waals surface area contributed by atoms with Gasteiger partial charge in [0.2, 0.25) is 5.91 Å². The number of pyridine rings is 1. The summed E-state index contributed by atoms with van der Waals surface area (Å²) in [6.07, 6.45) is -3.63. The summed E-state index contributed by atoms with van der Waals surface area (Å²) in [5.74, 6) is -1.87. The average Bonchev–Trinajstić information content (AvgIpc) is 3.19. The zero-order valence-electron chi connectivity index (χ0n) is 19.2. The lowest BCUT2D eigenvalue weighted by molar-refractivity contribution is -0.156. The lowest BCUT2D eigenvalue weighted by Crippen LogP contribution is -2.38. The molecule has 0 aliphatic rings. The van der Waals surface area contributed by atoms with E-state index in [1.165, 1.54) is 55.6 Å². The smallest absolute Gasteiger partial charge is 0.335 e. The molecule has 0 aliphatic heterocycles. The van der Waals surface area contributed by atoms with Crippen LogP contribution in [0.2, 0.25) is 0 Å². The van der Waals surface area contributed by atoms with Crippen LogP contribution in [0.5, 0.6) is 0 Å². The van der Waals surface area contributed by atoms with Gasteiger partial charge in [0, 0.05) is 25.4 Å². The number of aromatic nitrogens is 3. The summed E-state index contributed by atoms with van der Waals surface area (Å²) in [6, 6.07) is 10.3. The summed E-state index contributed by atoms with van der Waals surface area (Å²) in [7, 11) is 0. The minimum atomic E-state index is -4.83. The highest BCUT2D eigenvalue weighted by Gasteiger charge is 2.43. The van der Waals surface area contributed by atoms with Crippen molar-refractivity contribution >= 4 is 28.5 Å². The molecule has 36 heavy (non-hydrogen) atoms. The van der Waals surface area contributed by atoms with Crippen LogP contribution in [-0.4, -0.2) is 32.5 Å². The molecule has 11 heteroatoms. The first-order valence-corrected chi connectivity index (χ1v) is 11.0. The first-order chi connectivity index (χ1) is 17.1. The van der Waals surface area contributed by atoms with Gasteiger partial charge in [0.05, 0.1) is 27.9 Å². The fourth-order valence-corrected chi connectivity index (χ4v) is 3.95. The lowest BCUT2D eigenvalue weighted by Gasteiger charge is -2.21. The van der Waals surface area contributed by atoms with Gasteiger partial charge in [0.25, 0.3) is 5.91 Å². The molecule has 186 valence electrons. The number of imidazole rings is 1. The van der Waals surface area contributed by atoms with E-state index >= 15 is 0 Å². The number of benzene rings is 2. The number of halogens is 4. The lowest BCUT2D eigenvalue weighted by atomic mass is 10.1. The van der Waals surface area contributed by atoms with Crippen molar-refractivity contribution in [3.63, 3.8) is 0 Å². The van der Waals surface area contributed by atoms with E-state index in [2.05, 4.69) is 15.3 Å². The second-order valence-electron chi connectivity index (χ2n) is 7.93. The molecule has 2 N–H and O–H groups in total. The summed E-state index contributed by atoms with van der Waals surface area (Å²) in [4.78, 5) is 33.2. The Morgan fingerprint density at radius 1 is 1.08 bits per heavy atom. The van der Waals surface area contributed by atoms with Crippen LogP contribution in [-0.2, 0) is 11.3 Å². The first kappa shape index (κ1) is 24.8. The van der Waals surface area contributed by atoms with Gasteiger partial charge in [0.1, 0.15) is 11.6 Å². The van der Waals surface area contributed by atoms with Crippen molar-refractivity contribution in [2.45, 2.75) is 32.6 Å². The number of nitrogens with zero attached hydrogens (tertiary/aromatic N) is 3. The van der Waals surface area contributed by atoms with Crippen molar-refractivity contribution < 1.29 is 27.2 Å². The number of carbonyl (C=O) groups is 2. The van der Waals surface area contributed by atoms with Crippen LogP contribution >= 0.6 is 0 Å². The molecule has 0 radical (unpaired) electrons. The molecule has 7 nitrogen and oxygen atoms in total. The van der Waals surface area contributed by atoms with E-state index in [9.17, 15) is 27.2 Å². The van der Waals surface area contributed by atoms with Gasteiger partial charge in [-0.25, -0.2) is 9.37 Å². The maximum Gasteiger partial charge on any atom is 0.414 e. The van der Waals surface area contributed by atoms with E-state index in [-0.39, 0.29) is 45.9 Å². The quantitative estimate of drug-likeness (QED) is 0.355. The Balaban J connectivity index is 1.90. The largest absolute Gasteiger partial charge is 0.414 e. The Morgan fingerprint density at radius 2 is 1.81 bits per heavy atom. The van der Waals surface area contributed by atoms with Crippen LogP contribution in [0, 0.1) is 5.82 Å². The number of nitrogens with one attached hydrogen (secondary N) is 2. The molecular formula is C25H21F4N5O2. The molecular weight excluding hydrogens is 478 g/mol. The van der Waals surface area contributed by atoms with Crippen LogP contribution in [0.15, 0.2) is 60.8 Å². The molecule has 4 rings (SSSR count). The monoisotopic (exact) mass is 499 g/mol. The van der Waals surface area contributed by atoms with Gasteiger partial charge in [-0.1, -0.05) is 18.2 Å². The van der Waals surface area contributed by atoms with E-state index in [0.717, 1.165) is 6.07 Å². The number of rotatable bonds is 6. The highest BCUT2D eigenvalue weighted by Crippen LogP contribution is 2.34. The highest BCUT2D eigenvalue weighted by molar-refractivity contribution is 6.08. The molecule has 0 aliphatic carbocycles. The zero-order chi connectivity index (χ0) is 26.0. The van der Waals surface area contributed by atoms with Crippen molar-refractivity contribution in [1.82, 2.24) is 19.9 Å². The van der Waals surface area contributed by atoms with Crippen molar-refractivity contribution in [1.29, 1.82) is 0 Å². The normalized spacial score (nSPS) is 12.4. The maximum atomic E-state index is 14.6. The molecule has 1 unspecified atom stereocenters. The van der Waals surface area contributed by atoms with Gasteiger partial charge in [0.15, 0.2) is 6.04 Å². The van der Waals surface area contributed by atoms with Gasteiger partial charge in [-0.15, -0.1) is 0 Å². The molecule has 0 saturated carbocycles. The maximum absolute atomic E-state index is 14.6. The Hall–Kier alpha value is -4.28. The van der Waals surface area contributed by atoms with E-state index in [1.54, 1.807) is 17.6 Å². The molecule has 2 aromatic heterocycles. The number of carbonyl (C=O) groups excluding carboxylic acids is 2. The average molecular weight is 499 g/mol. The summed E-state index contributed by atoms with van der Waals surface area (Å²) in [6.45, 7) is 3.23. The minimum absolute atomic E-state index is 0.155. The van der Waals surface area contributed by atoms with Gasteiger partial charge >= 0.3 is 6.18 Å². The third kappa shape index (κ3) is 4.90. The Morgan fingerprint density at radius 3 is 2.42 bits per heavy atom. The minimum Gasteiger partial charge on any atom is -0.335 e. The molecule has 0 spiro atoms. The van der Waals surface area contributed by atoms with E-state index in [1.807, 2.05) is 5.32 Å². The number of hydrogen-bond donors (Lipinski definition) is 2. The predicted octanol–water partition coefficient (Wildman–Crippen LogP) is 5.25. The standard InChI is InChI=1S/C25H21F4N5O2/c1-3-34-21-17(24(36)33-22(25(27,28)29)19-10-6-7-11-30-19)12-15(31-14(2)35)13-20(21)32-23(34)16-8-4-5-9-18(16)26/h4-13,22H,3H2,1-2H3,(H,31,35)(H,33,36). The SMILES string of the molecule is CCn1c(-c2ccccc2F)nc2cc(NC(C)=O)cc(C(=O)NC(c3ccccn3)C(F)(F)F)c21. The van der Waals surface area contributed by atoms with Crippen molar-refractivity contribution in [2.75, 3.05) is 5.32 Å². The molecule has 1 atom stereocenters. The van der Waals surface area contributed by atoms with Gasteiger partial charge in [-0.05, 0) is 43.3 Å². The van der Waals surface area contributed by atoms with Gasteiger partial charge in [-0.3, -0.25) is 14.6 Å². The number of hydrogen-bond acceptors (Lipinski definition) is 4. The number of amides is 2. The fourth-order valence-electron chi connectivity index (χ4n) is 3.95. The van der Waals surface area contributed by atoms with Crippen molar-refractivity contribution in [2.24, 2.45) is 0 Å². The Bertz CT molecular complexity index is 1430. The summed E-state index contributed by atoms with van der Waals surface area (Å²) >= 11 is 0. The molecule has 4 aromatic rings. The van der Waals surface area contributed by atoms with Crippen molar-refractivity contribution in [3.8, 4) is 11.4 Å². The Kier molecular flexibility index (Phi) is 6.73. The summed E-state index contributed by atoms with van der Waals surface area (Å²) < 4.78 is 57.8. The third-order valence-electron chi connectivity index (χ3n) is 5.42. The topological polar surface area (TPSA) is 88.9 Å². The third-order valence-corrected chi connectivity index (χ3v) is 5.42. The molecule has 2 heterocycles. The zero-order valence-corrected chi connectivity index (χ0v) is 19.2. The summed E-state index contributed by atoms with van der Waals surface area (Å²) in [5.41, 5.74) is 0.159. The van der Waals surface area contributed by atoms with Crippen molar-refractivity contribution in [3.05, 3.63) is 77.9 Å². The highest BCUT2D eigenvalue weighted by atomic mass is 19.4. The molecule has 2 aromatic carbocycles. The molecule has 0 saturated heterocycles. The van der Waals surface area contributed by atoms with Crippen LogP contribution in [0.3, 0.4) is 0 Å². The molecule has 0 fully saturated rings. The van der Waals surface area contributed by atoms with Gasteiger partial charge < -0.3 is 15.2 Å². The Labute approximate surface area is 203 Å². The van der Waals surface area contributed by atoms with Gasteiger partial charge in [-0.2, -0.15) is 13.2 Å². The number of anilines is 1. The number of aryl methyl sites for hydroxylation is 1. The predicted molar refractivity (Wildman–Crippen MR) is 126 cm³/mol. The molecule has 0 bridgehead atoms. The van der Waals surface area contributed by atoms with Crippen LogP contribution in [0.25, 0.3) is 22.4 Å². The van der Waals surface area contributed by atoms with Crippen LogP contribution in [0.4, 0.5) is 23.2 Å². The van der Waals surface area contributed by atoms with E-state index in [0.29, 0.717) is 0 Å². The van der Waals surface area contributed by atoms with E-state index < -0.39 is 29.8 Å². The number of fused-ring (bicyclic) bond motifs is 1.